The molecule has 25 heavy (non-hydrogen) atoms. The van der Waals surface area contributed by atoms with E-state index in [0.717, 1.165) is 17.4 Å². The highest BCUT2D eigenvalue weighted by molar-refractivity contribution is 5.64. The molecule has 0 saturated heterocycles. The van der Waals surface area contributed by atoms with Crippen LogP contribution >= 0.6 is 0 Å². The van der Waals surface area contributed by atoms with Gasteiger partial charge in [-0.3, -0.25) is 0 Å². The maximum absolute atomic E-state index is 8.90. The van der Waals surface area contributed by atoms with Crippen molar-refractivity contribution in [3.8, 4) is 17.2 Å². The molecule has 1 saturated carbocycles. The van der Waals surface area contributed by atoms with E-state index in [1.807, 2.05) is 24.3 Å². The predicted molar refractivity (Wildman–Crippen MR) is 105 cm³/mol. The quantitative estimate of drug-likeness (QED) is 0.573. The van der Waals surface area contributed by atoms with E-state index in [-0.39, 0.29) is 0 Å². The van der Waals surface area contributed by atoms with E-state index in [1.165, 1.54) is 68.1 Å². The van der Waals surface area contributed by atoms with Gasteiger partial charge in [-0.2, -0.15) is 5.26 Å². The maximum Gasteiger partial charge on any atom is 0.0991 e. The molecular weight excluding hydrogens is 302 g/mol. The fourth-order valence-corrected chi connectivity index (χ4v) is 4.12. The van der Waals surface area contributed by atoms with Crippen LogP contribution in [0.5, 0.6) is 0 Å². The Morgan fingerprint density at radius 3 is 1.96 bits per heavy atom. The Morgan fingerprint density at radius 1 is 0.840 bits per heavy atom. The van der Waals surface area contributed by atoms with Crippen LogP contribution in [0.1, 0.15) is 63.0 Å². The molecule has 0 aliphatic heterocycles. The second kappa shape index (κ2) is 8.86. The molecule has 0 spiro atoms. The third-order valence-corrected chi connectivity index (χ3v) is 5.76. The van der Waals surface area contributed by atoms with Crippen LogP contribution in [-0.4, -0.2) is 0 Å². The first kappa shape index (κ1) is 17.7. The molecule has 1 aliphatic carbocycles. The molecule has 1 aliphatic rings. The van der Waals surface area contributed by atoms with Crippen LogP contribution in [0, 0.1) is 23.2 Å². The summed E-state index contributed by atoms with van der Waals surface area (Å²) in [6.07, 6.45) is 11.1. The smallest absolute Gasteiger partial charge is 0.0991 e. The van der Waals surface area contributed by atoms with Gasteiger partial charge in [0.15, 0.2) is 0 Å². The van der Waals surface area contributed by atoms with Gasteiger partial charge in [0.05, 0.1) is 11.6 Å². The minimum Gasteiger partial charge on any atom is -0.192 e. The number of benzene rings is 2. The molecule has 0 amide bonds. The number of unbranched alkanes of at least 4 members (excludes halogenated alkanes) is 1. The van der Waals surface area contributed by atoms with Gasteiger partial charge in [-0.25, -0.2) is 0 Å². The van der Waals surface area contributed by atoms with Gasteiger partial charge in [0, 0.05) is 0 Å². The lowest BCUT2D eigenvalue weighted by molar-refractivity contribution is 0.258. The van der Waals surface area contributed by atoms with Crippen LogP contribution in [0.25, 0.3) is 11.1 Å². The zero-order valence-corrected chi connectivity index (χ0v) is 15.4. The summed E-state index contributed by atoms with van der Waals surface area (Å²) in [5.74, 6) is 1.87. The third kappa shape index (κ3) is 4.95. The zero-order valence-electron chi connectivity index (χ0n) is 15.4. The summed E-state index contributed by atoms with van der Waals surface area (Å²) in [5.41, 5.74) is 4.60. The van der Waals surface area contributed by atoms with E-state index in [2.05, 4.69) is 37.3 Å². The molecule has 0 unspecified atom stereocenters. The lowest BCUT2D eigenvalue weighted by Crippen LogP contribution is -2.16. The molecule has 1 nitrogen and oxygen atoms in total. The highest BCUT2D eigenvalue weighted by atomic mass is 14.3. The highest BCUT2D eigenvalue weighted by Gasteiger charge is 2.20. The first-order chi connectivity index (χ1) is 12.3. The van der Waals surface area contributed by atoms with Gasteiger partial charge in [-0.15, -0.1) is 0 Å². The summed E-state index contributed by atoms with van der Waals surface area (Å²) < 4.78 is 0. The van der Waals surface area contributed by atoms with Gasteiger partial charge in [0.1, 0.15) is 0 Å². The standard InChI is InChI=1S/C24H29N/c1-2-3-4-19-5-7-20(8-6-19)17-21-9-13-23(14-10-21)24-15-11-22(18-25)12-16-24/h9-16,19-20H,2-8,17H2,1H3. The molecule has 0 radical (unpaired) electrons. The summed E-state index contributed by atoms with van der Waals surface area (Å²) in [6, 6.07) is 19.0. The van der Waals surface area contributed by atoms with Crippen molar-refractivity contribution in [3.05, 3.63) is 59.7 Å². The monoisotopic (exact) mass is 331 g/mol. The molecular formula is C24H29N. The van der Waals surface area contributed by atoms with Crippen LogP contribution < -0.4 is 0 Å². The van der Waals surface area contributed by atoms with E-state index < -0.39 is 0 Å². The average Bonchev–Trinajstić information content (AvgIpc) is 2.68. The molecule has 3 rings (SSSR count). The topological polar surface area (TPSA) is 23.8 Å². The van der Waals surface area contributed by atoms with Crippen molar-refractivity contribution in [1.29, 1.82) is 5.26 Å². The Labute approximate surface area is 152 Å². The van der Waals surface area contributed by atoms with Crippen molar-refractivity contribution >= 4 is 0 Å². The van der Waals surface area contributed by atoms with Gasteiger partial charge >= 0.3 is 0 Å². The Kier molecular flexibility index (Phi) is 6.29. The molecule has 0 bridgehead atoms. The van der Waals surface area contributed by atoms with Gasteiger partial charge in [-0.05, 0) is 59.9 Å². The highest BCUT2D eigenvalue weighted by Crippen LogP contribution is 2.34. The number of hydrogen-bond acceptors (Lipinski definition) is 1. The Bertz CT molecular complexity index is 682. The summed E-state index contributed by atoms with van der Waals surface area (Å²) >= 11 is 0. The number of nitrogens with zero attached hydrogens (tertiary/aromatic N) is 1. The molecule has 0 aromatic heterocycles. The molecule has 1 heteroatoms. The van der Waals surface area contributed by atoms with Crippen molar-refractivity contribution < 1.29 is 0 Å². The summed E-state index contributed by atoms with van der Waals surface area (Å²) in [7, 11) is 0. The van der Waals surface area contributed by atoms with Gasteiger partial charge in [-0.1, -0.05) is 75.4 Å². The molecule has 0 heterocycles. The van der Waals surface area contributed by atoms with E-state index in [9.17, 15) is 0 Å². The van der Waals surface area contributed by atoms with Crippen molar-refractivity contribution in [3.63, 3.8) is 0 Å². The van der Waals surface area contributed by atoms with Crippen LogP contribution in [0.15, 0.2) is 48.5 Å². The SMILES string of the molecule is CCCCC1CCC(Cc2ccc(-c3ccc(C#N)cc3)cc2)CC1. The minimum absolute atomic E-state index is 0.718. The van der Waals surface area contributed by atoms with Gasteiger partial charge in [0.25, 0.3) is 0 Å². The normalized spacial score (nSPS) is 20.2. The predicted octanol–water partition coefficient (Wildman–Crippen LogP) is 6.76. The number of hydrogen-bond donors (Lipinski definition) is 0. The maximum atomic E-state index is 8.90. The van der Waals surface area contributed by atoms with Crippen LogP contribution in [-0.2, 0) is 6.42 Å². The zero-order chi connectivity index (χ0) is 17.5. The fraction of sp³-hybridized carbons (Fsp3) is 0.458. The fourth-order valence-electron chi connectivity index (χ4n) is 4.12. The second-order valence-corrected chi connectivity index (χ2v) is 7.62. The Morgan fingerprint density at radius 2 is 1.40 bits per heavy atom. The van der Waals surface area contributed by atoms with Crippen molar-refractivity contribution in [2.75, 3.05) is 0 Å². The minimum atomic E-state index is 0.718. The van der Waals surface area contributed by atoms with E-state index in [4.69, 9.17) is 5.26 Å². The Hall–Kier alpha value is -2.07. The van der Waals surface area contributed by atoms with Gasteiger partial charge in [0.2, 0.25) is 0 Å². The summed E-state index contributed by atoms with van der Waals surface area (Å²) in [6.45, 7) is 2.30. The van der Waals surface area contributed by atoms with Crippen molar-refractivity contribution in [1.82, 2.24) is 0 Å². The molecule has 0 N–H and O–H groups in total. The van der Waals surface area contributed by atoms with Crippen molar-refractivity contribution in [2.24, 2.45) is 11.8 Å². The molecule has 130 valence electrons. The van der Waals surface area contributed by atoms with Crippen LogP contribution in [0.2, 0.25) is 0 Å². The van der Waals surface area contributed by atoms with Crippen LogP contribution in [0.3, 0.4) is 0 Å². The lowest BCUT2D eigenvalue weighted by atomic mass is 9.77. The van der Waals surface area contributed by atoms with E-state index in [0.29, 0.717) is 0 Å². The first-order valence-electron chi connectivity index (χ1n) is 9.88. The van der Waals surface area contributed by atoms with Crippen molar-refractivity contribution in [2.45, 2.75) is 58.3 Å². The molecule has 1 fully saturated rings. The molecule has 0 atom stereocenters. The first-order valence-corrected chi connectivity index (χ1v) is 9.88. The third-order valence-electron chi connectivity index (χ3n) is 5.76. The summed E-state index contributed by atoms with van der Waals surface area (Å²) in [4.78, 5) is 0. The lowest BCUT2D eigenvalue weighted by Gasteiger charge is -2.28. The molecule has 2 aromatic carbocycles. The largest absolute Gasteiger partial charge is 0.192 e. The average molecular weight is 332 g/mol. The molecule has 2 aromatic rings. The van der Waals surface area contributed by atoms with Gasteiger partial charge < -0.3 is 0 Å². The Balaban J connectivity index is 1.53. The van der Waals surface area contributed by atoms with E-state index in [1.54, 1.807) is 0 Å². The number of nitriles is 1. The summed E-state index contributed by atoms with van der Waals surface area (Å²) in [5, 5.41) is 8.90. The second-order valence-electron chi connectivity index (χ2n) is 7.62. The number of rotatable bonds is 6. The van der Waals surface area contributed by atoms with E-state index >= 15 is 0 Å². The van der Waals surface area contributed by atoms with Crippen LogP contribution in [0.4, 0.5) is 0 Å².